The molecule has 0 amide bonds. The molecule has 2 aromatic carbocycles. The molecular formula is C17H17N3. The second-order valence-electron chi connectivity index (χ2n) is 4.89. The Balaban J connectivity index is 1.67. The van der Waals surface area contributed by atoms with Crippen LogP contribution in [0, 0.1) is 6.92 Å². The maximum atomic E-state index is 3.96. The van der Waals surface area contributed by atoms with Crippen molar-refractivity contribution in [2.45, 2.75) is 13.5 Å². The molecule has 3 rings (SSSR count). The molecule has 0 atom stereocenters. The third kappa shape index (κ3) is 2.88. The van der Waals surface area contributed by atoms with Gasteiger partial charge in [-0.2, -0.15) is 5.10 Å². The topological polar surface area (TPSA) is 40.7 Å². The Hall–Kier alpha value is -2.55. The lowest BCUT2D eigenvalue weighted by Gasteiger charge is -2.08. The Morgan fingerprint density at radius 1 is 1.05 bits per heavy atom. The van der Waals surface area contributed by atoms with Crippen LogP contribution in [0.25, 0.3) is 11.3 Å². The second-order valence-corrected chi connectivity index (χ2v) is 4.89. The van der Waals surface area contributed by atoms with Crippen molar-refractivity contribution in [2.75, 3.05) is 5.32 Å². The van der Waals surface area contributed by atoms with Crippen LogP contribution in [0.2, 0.25) is 0 Å². The van der Waals surface area contributed by atoms with Crippen molar-refractivity contribution in [1.82, 2.24) is 10.2 Å². The van der Waals surface area contributed by atoms with E-state index >= 15 is 0 Å². The monoisotopic (exact) mass is 263 g/mol. The average molecular weight is 263 g/mol. The Morgan fingerprint density at radius 2 is 1.90 bits per heavy atom. The number of nitrogens with zero attached hydrogens (tertiary/aromatic N) is 1. The first-order valence-electron chi connectivity index (χ1n) is 6.70. The molecule has 0 fully saturated rings. The third-order valence-electron chi connectivity index (χ3n) is 3.28. The van der Waals surface area contributed by atoms with Gasteiger partial charge in [0, 0.05) is 18.4 Å². The van der Waals surface area contributed by atoms with Crippen LogP contribution in [0.5, 0.6) is 0 Å². The van der Waals surface area contributed by atoms with Crippen LogP contribution >= 0.6 is 0 Å². The minimum absolute atomic E-state index is 0.838. The van der Waals surface area contributed by atoms with Gasteiger partial charge >= 0.3 is 0 Å². The van der Waals surface area contributed by atoms with E-state index in [1.54, 1.807) is 6.20 Å². The number of hydrogen-bond donors (Lipinski definition) is 2. The van der Waals surface area contributed by atoms with E-state index in [0.29, 0.717) is 0 Å². The zero-order valence-corrected chi connectivity index (χ0v) is 11.4. The van der Waals surface area contributed by atoms with Crippen LogP contribution in [0.4, 0.5) is 5.69 Å². The quantitative estimate of drug-likeness (QED) is 0.747. The number of H-pyrrole nitrogens is 1. The van der Waals surface area contributed by atoms with Gasteiger partial charge in [-0.05, 0) is 36.2 Å². The van der Waals surface area contributed by atoms with E-state index in [1.807, 2.05) is 6.07 Å². The van der Waals surface area contributed by atoms with Gasteiger partial charge in [-0.3, -0.25) is 5.10 Å². The number of aromatic amines is 1. The Morgan fingerprint density at radius 3 is 2.60 bits per heavy atom. The molecule has 0 aliphatic rings. The lowest BCUT2D eigenvalue weighted by molar-refractivity contribution is 1.09. The number of anilines is 1. The molecule has 0 aliphatic heterocycles. The van der Waals surface area contributed by atoms with Crippen LogP contribution < -0.4 is 5.32 Å². The lowest BCUT2D eigenvalue weighted by Crippen LogP contribution is -1.99. The van der Waals surface area contributed by atoms with Gasteiger partial charge < -0.3 is 5.32 Å². The highest BCUT2D eigenvalue weighted by Crippen LogP contribution is 2.19. The van der Waals surface area contributed by atoms with E-state index < -0.39 is 0 Å². The number of hydrogen-bond acceptors (Lipinski definition) is 2. The first-order chi connectivity index (χ1) is 9.81. The summed E-state index contributed by atoms with van der Waals surface area (Å²) in [6.45, 7) is 2.95. The molecule has 0 saturated carbocycles. The van der Waals surface area contributed by atoms with Gasteiger partial charge in [0.2, 0.25) is 0 Å². The van der Waals surface area contributed by atoms with Gasteiger partial charge in [0.25, 0.3) is 0 Å². The predicted octanol–water partition coefficient (Wildman–Crippen LogP) is 4.00. The predicted molar refractivity (Wildman–Crippen MR) is 82.5 cm³/mol. The van der Waals surface area contributed by atoms with Crippen LogP contribution in [-0.4, -0.2) is 10.2 Å². The lowest BCUT2D eigenvalue weighted by atomic mass is 10.1. The highest BCUT2D eigenvalue weighted by Gasteiger charge is 1.99. The molecule has 20 heavy (non-hydrogen) atoms. The minimum Gasteiger partial charge on any atom is -0.381 e. The normalized spacial score (nSPS) is 10.4. The van der Waals surface area contributed by atoms with Gasteiger partial charge in [-0.15, -0.1) is 0 Å². The summed E-state index contributed by atoms with van der Waals surface area (Å²) in [6.07, 6.45) is 1.76. The summed E-state index contributed by atoms with van der Waals surface area (Å²) in [5.74, 6) is 0. The van der Waals surface area contributed by atoms with E-state index in [1.165, 1.54) is 11.1 Å². The Kier molecular flexibility index (Phi) is 3.50. The van der Waals surface area contributed by atoms with Gasteiger partial charge in [0.1, 0.15) is 0 Å². The van der Waals surface area contributed by atoms with Gasteiger partial charge in [0.15, 0.2) is 0 Å². The Bertz CT molecular complexity index is 670. The molecule has 3 aromatic rings. The van der Waals surface area contributed by atoms with Crippen LogP contribution in [0.15, 0.2) is 60.8 Å². The minimum atomic E-state index is 0.838. The maximum absolute atomic E-state index is 3.96. The van der Waals surface area contributed by atoms with Gasteiger partial charge in [0.05, 0.1) is 5.69 Å². The van der Waals surface area contributed by atoms with Crippen molar-refractivity contribution in [3.63, 3.8) is 0 Å². The third-order valence-corrected chi connectivity index (χ3v) is 3.28. The van der Waals surface area contributed by atoms with Crippen molar-refractivity contribution in [1.29, 1.82) is 0 Å². The summed E-state index contributed by atoms with van der Waals surface area (Å²) in [5, 5.41) is 10.4. The molecule has 3 nitrogen and oxygen atoms in total. The first-order valence-corrected chi connectivity index (χ1v) is 6.70. The van der Waals surface area contributed by atoms with Crippen molar-refractivity contribution < 1.29 is 0 Å². The highest BCUT2D eigenvalue weighted by atomic mass is 15.1. The zero-order chi connectivity index (χ0) is 13.8. The Labute approximate surface area is 118 Å². The summed E-state index contributed by atoms with van der Waals surface area (Å²) in [5.41, 5.74) is 5.88. The number of aromatic nitrogens is 2. The SMILES string of the molecule is Cc1cccc(CNc2ccc(-c3ccn[nH]3)cc2)c1. The van der Waals surface area contributed by atoms with E-state index in [0.717, 1.165) is 23.5 Å². The molecule has 0 unspecified atom stereocenters. The summed E-state index contributed by atoms with van der Waals surface area (Å²) in [6, 6.07) is 18.9. The van der Waals surface area contributed by atoms with Gasteiger partial charge in [-0.25, -0.2) is 0 Å². The molecular weight excluding hydrogens is 246 g/mol. The van der Waals surface area contributed by atoms with Gasteiger partial charge in [-0.1, -0.05) is 42.0 Å². The van der Waals surface area contributed by atoms with Crippen molar-refractivity contribution in [3.05, 3.63) is 71.9 Å². The second kappa shape index (κ2) is 5.61. The van der Waals surface area contributed by atoms with E-state index in [2.05, 4.69) is 71.0 Å². The molecule has 2 N–H and O–H groups in total. The fraction of sp³-hybridized carbons (Fsp3) is 0.118. The first kappa shape index (κ1) is 12.5. The molecule has 3 heteroatoms. The van der Waals surface area contributed by atoms with E-state index in [-0.39, 0.29) is 0 Å². The number of benzene rings is 2. The number of rotatable bonds is 4. The van der Waals surface area contributed by atoms with Crippen molar-refractivity contribution in [2.24, 2.45) is 0 Å². The van der Waals surface area contributed by atoms with Crippen LogP contribution in [0.3, 0.4) is 0 Å². The molecule has 0 spiro atoms. The summed E-state index contributed by atoms with van der Waals surface area (Å²) >= 11 is 0. The molecule has 0 radical (unpaired) electrons. The number of nitrogens with one attached hydrogen (secondary N) is 2. The fourth-order valence-electron chi connectivity index (χ4n) is 2.21. The molecule has 0 saturated heterocycles. The van der Waals surface area contributed by atoms with E-state index in [9.17, 15) is 0 Å². The number of aryl methyl sites for hydroxylation is 1. The average Bonchev–Trinajstić information content (AvgIpc) is 3.00. The molecule has 0 bridgehead atoms. The molecule has 1 aromatic heterocycles. The fourth-order valence-corrected chi connectivity index (χ4v) is 2.21. The molecule has 100 valence electrons. The summed E-state index contributed by atoms with van der Waals surface area (Å²) in [4.78, 5) is 0. The maximum Gasteiger partial charge on any atom is 0.0650 e. The largest absolute Gasteiger partial charge is 0.381 e. The van der Waals surface area contributed by atoms with Crippen molar-refractivity contribution >= 4 is 5.69 Å². The highest BCUT2D eigenvalue weighted by molar-refractivity contribution is 5.62. The molecule has 0 aliphatic carbocycles. The van der Waals surface area contributed by atoms with Crippen molar-refractivity contribution in [3.8, 4) is 11.3 Å². The summed E-state index contributed by atoms with van der Waals surface area (Å²) < 4.78 is 0. The van der Waals surface area contributed by atoms with Crippen LogP contribution in [-0.2, 0) is 6.54 Å². The smallest absolute Gasteiger partial charge is 0.0650 e. The molecule has 1 heterocycles. The summed E-state index contributed by atoms with van der Waals surface area (Å²) in [7, 11) is 0. The zero-order valence-electron chi connectivity index (χ0n) is 11.4. The van der Waals surface area contributed by atoms with E-state index in [4.69, 9.17) is 0 Å². The van der Waals surface area contributed by atoms with Crippen LogP contribution in [0.1, 0.15) is 11.1 Å². The standard InChI is InChI=1S/C17H17N3/c1-13-3-2-4-14(11-13)12-18-16-7-5-15(6-8-16)17-9-10-19-20-17/h2-11,18H,12H2,1H3,(H,19,20).